The molecule has 0 aliphatic heterocycles. The fourth-order valence-electron chi connectivity index (χ4n) is 2.41. The van der Waals surface area contributed by atoms with Crippen LogP contribution in [0.1, 0.15) is 11.5 Å². The van der Waals surface area contributed by atoms with Gasteiger partial charge in [-0.3, -0.25) is 10.1 Å². The third-order valence-corrected chi connectivity index (χ3v) is 3.76. The standard InChI is InChI=1S/C18H16N4O4/c1-12-14(8-5-9-15(12)22(24)25)21-18(23)20-11-17-19-10-16(26-17)13-6-3-2-4-7-13/h2-10H,11H2,1H3,(H2,20,21,23). The molecular weight excluding hydrogens is 336 g/mol. The number of nitro groups is 1. The molecule has 0 atom stereocenters. The van der Waals surface area contributed by atoms with Crippen molar-refractivity contribution in [3.63, 3.8) is 0 Å². The van der Waals surface area contributed by atoms with Crippen molar-refractivity contribution in [3.8, 4) is 11.3 Å². The predicted octanol–water partition coefficient (Wildman–Crippen LogP) is 3.88. The molecule has 0 aliphatic rings. The maximum absolute atomic E-state index is 12.0. The fraction of sp³-hybridized carbons (Fsp3) is 0.111. The van der Waals surface area contributed by atoms with Crippen LogP contribution < -0.4 is 10.6 Å². The van der Waals surface area contributed by atoms with E-state index < -0.39 is 11.0 Å². The van der Waals surface area contributed by atoms with Crippen LogP contribution >= 0.6 is 0 Å². The molecule has 0 unspecified atom stereocenters. The lowest BCUT2D eigenvalue weighted by molar-refractivity contribution is -0.385. The molecule has 0 spiro atoms. The monoisotopic (exact) mass is 352 g/mol. The van der Waals surface area contributed by atoms with Crippen molar-refractivity contribution in [2.24, 2.45) is 0 Å². The first-order valence-electron chi connectivity index (χ1n) is 7.83. The average molecular weight is 352 g/mol. The van der Waals surface area contributed by atoms with E-state index in [1.54, 1.807) is 19.2 Å². The van der Waals surface area contributed by atoms with Crippen LogP contribution in [0.3, 0.4) is 0 Å². The summed E-state index contributed by atoms with van der Waals surface area (Å²) >= 11 is 0. The van der Waals surface area contributed by atoms with Gasteiger partial charge in [0.2, 0.25) is 5.89 Å². The zero-order valence-corrected chi connectivity index (χ0v) is 13.9. The van der Waals surface area contributed by atoms with Crippen LogP contribution in [-0.4, -0.2) is 15.9 Å². The van der Waals surface area contributed by atoms with Crippen molar-refractivity contribution in [1.29, 1.82) is 0 Å². The van der Waals surface area contributed by atoms with Gasteiger partial charge >= 0.3 is 6.03 Å². The number of anilines is 1. The van der Waals surface area contributed by atoms with Crippen LogP contribution in [0.2, 0.25) is 0 Å². The Morgan fingerprint density at radius 3 is 2.69 bits per heavy atom. The van der Waals surface area contributed by atoms with Gasteiger partial charge in [-0.25, -0.2) is 9.78 Å². The fourth-order valence-corrected chi connectivity index (χ4v) is 2.41. The Morgan fingerprint density at radius 2 is 1.96 bits per heavy atom. The van der Waals surface area contributed by atoms with Gasteiger partial charge in [0, 0.05) is 11.6 Å². The van der Waals surface area contributed by atoms with Crippen molar-refractivity contribution in [2.75, 3.05) is 5.32 Å². The summed E-state index contributed by atoms with van der Waals surface area (Å²) in [5.41, 5.74) is 1.59. The van der Waals surface area contributed by atoms with Gasteiger partial charge in [0.15, 0.2) is 5.76 Å². The SMILES string of the molecule is Cc1c(NC(=O)NCc2ncc(-c3ccccc3)o2)cccc1[N+](=O)[O-]. The number of nitro benzene ring substituents is 1. The number of hydrogen-bond acceptors (Lipinski definition) is 5. The molecular formula is C18H16N4O4. The highest BCUT2D eigenvalue weighted by Crippen LogP contribution is 2.25. The van der Waals surface area contributed by atoms with Crippen molar-refractivity contribution in [3.05, 3.63) is 76.3 Å². The summed E-state index contributed by atoms with van der Waals surface area (Å²) in [6.45, 7) is 1.67. The van der Waals surface area contributed by atoms with Gasteiger partial charge in [-0.1, -0.05) is 36.4 Å². The van der Waals surface area contributed by atoms with Gasteiger partial charge in [0.25, 0.3) is 5.69 Å². The van der Waals surface area contributed by atoms with E-state index in [1.807, 2.05) is 30.3 Å². The Labute approximate surface area is 149 Å². The molecule has 8 heteroatoms. The minimum Gasteiger partial charge on any atom is -0.439 e. The van der Waals surface area contributed by atoms with E-state index in [2.05, 4.69) is 15.6 Å². The normalized spacial score (nSPS) is 10.3. The van der Waals surface area contributed by atoms with Crippen molar-refractivity contribution >= 4 is 17.4 Å². The Balaban J connectivity index is 1.61. The number of aromatic nitrogens is 1. The number of benzene rings is 2. The van der Waals surface area contributed by atoms with E-state index >= 15 is 0 Å². The Morgan fingerprint density at radius 1 is 1.19 bits per heavy atom. The topological polar surface area (TPSA) is 110 Å². The summed E-state index contributed by atoms with van der Waals surface area (Å²) in [6, 6.07) is 13.5. The highest BCUT2D eigenvalue weighted by atomic mass is 16.6. The smallest absolute Gasteiger partial charge is 0.319 e. The number of rotatable bonds is 5. The van der Waals surface area contributed by atoms with Crippen molar-refractivity contribution < 1.29 is 14.1 Å². The van der Waals surface area contributed by atoms with Crippen molar-refractivity contribution in [2.45, 2.75) is 13.5 Å². The number of amides is 2. The minimum atomic E-state index is -0.506. The van der Waals surface area contributed by atoms with E-state index in [9.17, 15) is 14.9 Å². The highest BCUT2D eigenvalue weighted by Gasteiger charge is 2.15. The molecule has 0 bridgehead atoms. The molecule has 0 aliphatic carbocycles. The molecule has 2 aromatic carbocycles. The summed E-state index contributed by atoms with van der Waals surface area (Å²) in [6.07, 6.45) is 1.59. The van der Waals surface area contributed by atoms with E-state index in [1.165, 1.54) is 12.1 Å². The first-order chi connectivity index (χ1) is 12.5. The summed E-state index contributed by atoms with van der Waals surface area (Å²) in [7, 11) is 0. The van der Waals surface area contributed by atoms with Crippen LogP contribution in [-0.2, 0) is 6.54 Å². The minimum absolute atomic E-state index is 0.0528. The lowest BCUT2D eigenvalue weighted by Gasteiger charge is -2.09. The number of urea groups is 1. The van der Waals surface area contributed by atoms with E-state index in [-0.39, 0.29) is 12.2 Å². The molecule has 132 valence electrons. The Kier molecular flexibility index (Phi) is 4.93. The quantitative estimate of drug-likeness (QED) is 0.535. The lowest BCUT2D eigenvalue weighted by atomic mass is 10.1. The van der Waals surface area contributed by atoms with Gasteiger partial charge in [-0.05, 0) is 13.0 Å². The van der Waals surface area contributed by atoms with Crippen LogP contribution in [0.25, 0.3) is 11.3 Å². The number of hydrogen-bond donors (Lipinski definition) is 2. The molecule has 3 aromatic rings. The molecule has 1 aromatic heterocycles. The maximum Gasteiger partial charge on any atom is 0.319 e. The predicted molar refractivity (Wildman–Crippen MR) is 95.6 cm³/mol. The maximum atomic E-state index is 12.0. The number of nitrogens with one attached hydrogen (secondary N) is 2. The van der Waals surface area contributed by atoms with Crippen molar-refractivity contribution in [1.82, 2.24) is 10.3 Å². The zero-order chi connectivity index (χ0) is 18.5. The van der Waals surface area contributed by atoms with Crippen LogP contribution in [0, 0.1) is 17.0 Å². The second-order valence-electron chi connectivity index (χ2n) is 5.50. The highest BCUT2D eigenvalue weighted by molar-refractivity contribution is 5.90. The van der Waals surface area contributed by atoms with E-state index in [0.717, 1.165) is 5.56 Å². The second-order valence-corrected chi connectivity index (χ2v) is 5.50. The lowest BCUT2D eigenvalue weighted by Crippen LogP contribution is -2.28. The second kappa shape index (κ2) is 7.47. The largest absolute Gasteiger partial charge is 0.439 e. The number of carbonyl (C=O) groups is 1. The van der Waals surface area contributed by atoms with Crippen LogP contribution in [0.5, 0.6) is 0 Å². The summed E-state index contributed by atoms with van der Waals surface area (Å²) in [4.78, 5) is 26.6. The molecule has 8 nitrogen and oxygen atoms in total. The summed E-state index contributed by atoms with van der Waals surface area (Å²) in [5, 5.41) is 16.1. The summed E-state index contributed by atoms with van der Waals surface area (Å²) in [5.74, 6) is 0.965. The van der Waals surface area contributed by atoms with E-state index in [4.69, 9.17) is 4.42 Å². The molecule has 3 rings (SSSR count). The average Bonchev–Trinajstić information content (AvgIpc) is 3.11. The van der Waals surface area contributed by atoms with Gasteiger partial charge < -0.3 is 15.1 Å². The van der Waals surface area contributed by atoms with Crippen LogP contribution in [0.15, 0.2) is 59.1 Å². The molecule has 1 heterocycles. The van der Waals surface area contributed by atoms with Gasteiger partial charge in [0.05, 0.1) is 28.9 Å². The number of carbonyl (C=O) groups excluding carboxylic acids is 1. The van der Waals surface area contributed by atoms with Gasteiger partial charge in [-0.2, -0.15) is 0 Å². The number of oxazole rings is 1. The first kappa shape index (κ1) is 17.2. The molecule has 0 radical (unpaired) electrons. The number of nitrogens with zero attached hydrogens (tertiary/aromatic N) is 2. The molecule has 0 saturated heterocycles. The molecule has 0 saturated carbocycles. The van der Waals surface area contributed by atoms with E-state index in [0.29, 0.717) is 22.9 Å². The van der Waals surface area contributed by atoms with Gasteiger partial charge in [0.1, 0.15) is 0 Å². The Hall–Kier alpha value is -3.68. The molecule has 26 heavy (non-hydrogen) atoms. The Bertz CT molecular complexity index is 937. The third-order valence-electron chi connectivity index (χ3n) is 3.76. The zero-order valence-electron chi connectivity index (χ0n) is 13.9. The molecule has 2 N–H and O–H groups in total. The van der Waals surface area contributed by atoms with Gasteiger partial charge in [-0.15, -0.1) is 0 Å². The molecule has 2 amide bonds. The van der Waals surface area contributed by atoms with Crippen LogP contribution in [0.4, 0.5) is 16.2 Å². The molecule has 0 fully saturated rings. The third kappa shape index (κ3) is 3.86. The summed E-state index contributed by atoms with van der Waals surface area (Å²) < 4.78 is 5.60. The first-order valence-corrected chi connectivity index (χ1v) is 7.83.